The van der Waals surface area contributed by atoms with Crippen LogP contribution in [0.1, 0.15) is 31.8 Å². The molecule has 5 rings (SSSR count). The molecule has 5 nitrogen and oxygen atoms in total. The van der Waals surface area contributed by atoms with Gasteiger partial charge < -0.3 is 5.73 Å². The maximum atomic E-state index is 13.3. The first-order chi connectivity index (χ1) is 13.2. The van der Waals surface area contributed by atoms with Gasteiger partial charge in [-0.25, -0.2) is 9.97 Å². The molecule has 0 radical (unpaired) electrons. The van der Waals surface area contributed by atoms with Gasteiger partial charge in [-0.15, -0.1) is 0 Å². The number of ketones is 2. The number of para-hydroxylation sites is 1. The van der Waals surface area contributed by atoms with E-state index in [0.717, 1.165) is 5.56 Å². The Morgan fingerprint density at radius 1 is 0.815 bits per heavy atom. The Morgan fingerprint density at radius 3 is 2.37 bits per heavy atom. The van der Waals surface area contributed by atoms with Gasteiger partial charge in [0.25, 0.3) is 0 Å². The predicted molar refractivity (Wildman–Crippen MR) is 103 cm³/mol. The second-order valence-corrected chi connectivity index (χ2v) is 6.40. The minimum absolute atomic E-state index is 0.198. The van der Waals surface area contributed by atoms with Crippen LogP contribution in [0.5, 0.6) is 0 Å². The van der Waals surface area contributed by atoms with E-state index in [0.29, 0.717) is 44.5 Å². The lowest BCUT2D eigenvalue weighted by Gasteiger charge is -2.20. The maximum Gasteiger partial charge on any atom is 0.195 e. The highest BCUT2D eigenvalue weighted by Crippen LogP contribution is 2.39. The second-order valence-electron chi connectivity index (χ2n) is 6.40. The van der Waals surface area contributed by atoms with E-state index in [1.54, 1.807) is 48.5 Å². The zero-order chi connectivity index (χ0) is 18.5. The molecule has 1 aliphatic rings. The van der Waals surface area contributed by atoms with Gasteiger partial charge in [-0.1, -0.05) is 36.4 Å². The number of rotatable bonds is 2. The molecule has 1 heterocycles. The zero-order valence-electron chi connectivity index (χ0n) is 14.1. The van der Waals surface area contributed by atoms with Crippen LogP contribution in [-0.4, -0.2) is 21.5 Å². The summed E-state index contributed by atoms with van der Waals surface area (Å²) in [7, 11) is 0. The Labute approximate surface area is 154 Å². The first kappa shape index (κ1) is 15.4. The van der Waals surface area contributed by atoms with E-state index in [-0.39, 0.29) is 11.6 Å². The van der Waals surface area contributed by atoms with Crippen molar-refractivity contribution in [1.29, 1.82) is 0 Å². The first-order valence-corrected chi connectivity index (χ1v) is 8.48. The van der Waals surface area contributed by atoms with Crippen LogP contribution in [0, 0.1) is 0 Å². The summed E-state index contributed by atoms with van der Waals surface area (Å²) >= 11 is 0. The Kier molecular flexibility index (Phi) is 3.18. The van der Waals surface area contributed by atoms with Gasteiger partial charge in [-0.3, -0.25) is 9.59 Å². The largest absolute Gasteiger partial charge is 0.398 e. The van der Waals surface area contributed by atoms with Crippen LogP contribution < -0.4 is 5.73 Å². The third kappa shape index (κ3) is 2.12. The summed E-state index contributed by atoms with van der Waals surface area (Å²) in [5.74, 6) is -0.483. The van der Waals surface area contributed by atoms with Crippen molar-refractivity contribution in [2.75, 3.05) is 5.73 Å². The van der Waals surface area contributed by atoms with Gasteiger partial charge in [-0.2, -0.15) is 0 Å². The molecule has 3 aromatic carbocycles. The monoisotopic (exact) mass is 351 g/mol. The maximum absolute atomic E-state index is 13.3. The highest BCUT2D eigenvalue weighted by molar-refractivity contribution is 6.30. The molecule has 0 fully saturated rings. The SMILES string of the molecule is Nc1ccccc1C(=O)c1ccc2ncnc3c2c1C(=O)c1ccccc1-3. The van der Waals surface area contributed by atoms with Crippen LogP contribution >= 0.6 is 0 Å². The molecule has 4 aromatic rings. The number of carbonyl (C=O) groups excluding carboxylic acids is 2. The molecular weight excluding hydrogens is 338 g/mol. The summed E-state index contributed by atoms with van der Waals surface area (Å²) < 4.78 is 0. The quantitative estimate of drug-likeness (QED) is 0.387. The molecule has 0 bridgehead atoms. The molecule has 128 valence electrons. The average Bonchev–Trinajstić information content (AvgIpc) is 2.71. The molecule has 2 N–H and O–H groups in total. The lowest BCUT2D eigenvalue weighted by Crippen LogP contribution is -2.17. The van der Waals surface area contributed by atoms with Crippen molar-refractivity contribution in [1.82, 2.24) is 9.97 Å². The highest BCUT2D eigenvalue weighted by atomic mass is 16.1. The molecular formula is C22H13N3O2. The van der Waals surface area contributed by atoms with E-state index in [4.69, 9.17) is 5.73 Å². The molecule has 1 aliphatic carbocycles. The van der Waals surface area contributed by atoms with Gasteiger partial charge >= 0.3 is 0 Å². The lowest BCUT2D eigenvalue weighted by atomic mass is 9.82. The average molecular weight is 351 g/mol. The minimum atomic E-state index is -0.285. The highest BCUT2D eigenvalue weighted by Gasteiger charge is 2.31. The smallest absolute Gasteiger partial charge is 0.195 e. The summed E-state index contributed by atoms with van der Waals surface area (Å²) in [5.41, 5.74) is 9.99. The van der Waals surface area contributed by atoms with Gasteiger partial charge in [0, 0.05) is 38.9 Å². The standard InChI is InChI=1S/C22H13N3O2/c23-16-8-4-3-7-14(16)21(26)15-9-10-17-19-18(15)22(27)13-6-2-1-5-12(13)20(19)25-11-24-17/h1-11H,23H2. The molecule has 0 amide bonds. The van der Waals surface area contributed by atoms with Crippen molar-refractivity contribution in [2.24, 2.45) is 0 Å². The van der Waals surface area contributed by atoms with Gasteiger partial charge in [0.2, 0.25) is 0 Å². The van der Waals surface area contributed by atoms with Crippen LogP contribution in [0.2, 0.25) is 0 Å². The van der Waals surface area contributed by atoms with Crippen molar-refractivity contribution in [2.45, 2.75) is 0 Å². The number of fused-ring (bicyclic) bond motifs is 2. The second kappa shape index (κ2) is 5.57. The van der Waals surface area contributed by atoms with Crippen LogP contribution in [0.25, 0.3) is 22.2 Å². The first-order valence-electron chi connectivity index (χ1n) is 8.48. The van der Waals surface area contributed by atoms with Crippen molar-refractivity contribution in [3.8, 4) is 11.3 Å². The molecule has 0 unspecified atom stereocenters. The number of hydrogen-bond donors (Lipinski definition) is 1. The fourth-order valence-electron chi connectivity index (χ4n) is 3.65. The Bertz CT molecular complexity index is 1280. The van der Waals surface area contributed by atoms with E-state index in [1.165, 1.54) is 6.33 Å². The summed E-state index contributed by atoms with van der Waals surface area (Å²) in [5, 5.41) is 0.613. The minimum Gasteiger partial charge on any atom is -0.398 e. The van der Waals surface area contributed by atoms with Gasteiger partial charge in [0.1, 0.15) is 6.33 Å². The number of carbonyl (C=O) groups is 2. The van der Waals surface area contributed by atoms with E-state index in [1.807, 2.05) is 12.1 Å². The molecule has 0 spiro atoms. The molecule has 1 aromatic heterocycles. The van der Waals surface area contributed by atoms with Crippen LogP contribution in [0.4, 0.5) is 5.69 Å². The number of hydrogen-bond acceptors (Lipinski definition) is 5. The number of nitrogen functional groups attached to an aromatic ring is 1. The summed E-state index contributed by atoms with van der Waals surface area (Å²) in [6.07, 6.45) is 1.48. The lowest BCUT2D eigenvalue weighted by molar-refractivity contribution is 0.100. The van der Waals surface area contributed by atoms with Crippen LogP contribution in [0.3, 0.4) is 0 Å². The number of aromatic nitrogens is 2. The normalized spacial score (nSPS) is 12.1. The molecule has 27 heavy (non-hydrogen) atoms. The molecule has 0 atom stereocenters. The van der Waals surface area contributed by atoms with E-state index in [2.05, 4.69) is 9.97 Å². The Balaban J connectivity index is 1.87. The zero-order valence-corrected chi connectivity index (χ0v) is 14.1. The number of anilines is 1. The number of nitrogens with zero attached hydrogens (tertiary/aromatic N) is 2. The third-order valence-electron chi connectivity index (χ3n) is 4.91. The van der Waals surface area contributed by atoms with E-state index < -0.39 is 0 Å². The summed E-state index contributed by atoms with van der Waals surface area (Å²) in [4.78, 5) is 35.2. The molecule has 0 aliphatic heterocycles. The number of benzene rings is 3. The molecule has 0 saturated heterocycles. The molecule has 5 heteroatoms. The van der Waals surface area contributed by atoms with E-state index >= 15 is 0 Å². The number of nitrogens with two attached hydrogens (primary N) is 1. The Hall–Kier alpha value is -3.86. The fourth-order valence-corrected chi connectivity index (χ4v) is 3.65. The van der Waals surface area contributed by atoms with Crippen molar-refractivity contribution in [3.05, 3.63) is 89.2 Å². The van der Waals surface area contributed by atoms with Gasteiger partial charge in [0.15, 0.2) is 11.6 Å². The van der Waals surface area contributed by atoms with Crippen LogP contribution in [0.15, 0.2) is 67.0 Å². The topological polar surface area (TPSA) is 85.9 Å². The van der Waals surface area contributed by atoms with Crippen molar-refractivity contribution >= 4 is 28.2 Å². The van der Waals surface area contributed by atoms with Gasteiger partial charge in [-0.05, 0) is 24.3 Å². The summed E-state index contributed by atoms with van der Waals surface area (Å²) in [6, 6.07) is 17.5. The van der Waals surface area contributed by atoms with Crippen LogP contribution in [-0.2, 0) is 0 Å². The van der Waals surface area contributed by atoms with E-state index in [9.17, 15) is 9.59 Å². The molecule has 0 saturated carbocycles. The predicted octanol–water partition coefficient (Wildman–Crippen LogP) is 3.65. The fraction of sp³-hybridized carbons (Fsp3) is 0. The third-order valence-corrected chi connectivity index (χ3v) is 4.91. The van der Waals surface area contributed by atoms with Crippen molar-refractivity contribution < 1.29 is 9.59 Å². The van der Waals surface area contributed by atoms with Gasteiger partial charge in [0.05, 0.1) is 11.2 Å². The van der Waals surface area contributed by atoms with Crippen molar-refractivity contribution in [3.63, 3.8) is 0 Å². The summed E-state index contributed by atoms with van der Waals surface area (Å²) in [6.45, 7) is 0. The Morgan fingerprint density at radius 2 is 1.56 bits per heavy atom.